The molecule has 0 amide bonds. The molecule has 1 aliphatic heterocycles. The molecule has 0 aliphatic carbocycles. The first-order valence-electron chi connectivity index (χ1n) is 5.90. The third-order valence-corrected chi connectivity index (χ3v) is 3.30. The van der Waals surface area contributed by atoms with Crippen molar-refractivity contribution >= 4 is 21.6 Å². The van der Waals surface area contributed by atoms with E-state index in [4.69, 9.17) is 4.74 Å². The highest BCUT2D eigenvalue weighted by Gasteiger charge is 2.33. The zero-order valence-electron chi connectivity index (χ0n) is 10.1. The average molecular weight is 339 g/mol. The van der Waals surface area contributed by atoms with E-state index in [2.05, 4.69) is 26.6 Å². The second-order valence-corrected chi connectivity index (χ2v) is 5.18. The summed E-state index contributed by atoms with van der Waals surface area (Å²) in [4.78, 5) is 0. The van der Waals surface area contributed by atoms with Gasteiger partial charge in [0, 0.05) is 29.8 Å². The van der Waals surface area contributed by atoms with E-state index in [1.807, 2.05) is 0 Å². The lowest BCUT2D eigenvalue weighted by Gasteiger charge is -2.25. The molecule has 0 radical (unpaired) electrons. The van der Waals surface area contributed by atoms with Crippen LogP contribution in [0.25, 0.3) is 0 Å². The van der Waals surface area contributed by atoms with Gasteiger partial charge in [-0.15, -0.1) is 0 Å². The quantitative estimate of drug-likeness (QED) is 0.889. The van der Waals surface area contributed by atoms with Gasteiger partial charge in [-0.1, -0.05) is 15.9 Å². The van der Waals surface area contributed by atoms with Crippen molar-refractivity contribution in [2.75, 3.05) is 31.6 Å². The number of morpholine rings is 1. The molecule has 1 unspecified atom stereocenters. The number of halogens is 4. The predicted octanol–water partition coefficient (Wildman–Crippen LogP) is 2.87. The fourth-order valence-electron chi connectivity index (χ4n) is 1.88. The number of hydrogen-bond donors (Lipinski definition) is 2. The molecule has 1 aromatic rings. The van der Waals surface area contributed by atoms with Crippen molar-refractivity contribution in [3.05, 3.63) is 28.2 Å². The topological polar surface area (TPSA) is 33.3 Å². The van der Waals surface area contributed by atoms with E-state index < -0.39 is 11.7 Å². The van der Waals surface area contributed by atoms with Crippen molar-refractivity contribution in [1.82, 2.24) is 5.32 Å². The first kappa shape index (κ1) is 14.6. The summed E-state index contributed by atoms with van der Waals surface area (Å²) >= 11 is 3.05. The van der Waals surface area contributed by atoms with Gasteiger partial charge in [-0.25, -0.2) is 0 Å². The van der Waals surface area contributed by atoms with Crippen LogP contribution in [0.15, 0.2) is 22.7 Å². The van der Waals surface area contributed by atoms with Crippen LogP contribution in [-0.4, -0.2) is 32.3 Å². The summed E-state index contributed by atoms with van der Waals surface area (Å²) in [6.45, 7) is 2.35. The minimum atomic E-state index is -4.38. The highest BCUT2D eigenvalue weighted by Crippen LogP contribution is 2.36. The summed E-state index contributed by atoms with van der Waals surface area (Å²) in [6, 6.07) is 4.07. The van der Waals surface area contributed by atoms with E-state index in [0.29, 0.717) is 24.2 Å². The number of ether oxygens (including phenoxy) is 1. The Balaban J connectivity index is 2.06. The molecular formula is C12H14BrF3N2O. The summed E-state index contributed by atoms with van der Waals surface area (Å²) in [5.74, 6) is 0. The number of benzene rings is 1. The van der Waals surface area contributed by atoms with E-state index in [9.17, 15) is 13.2 Å². The second-order valence-electron chi connectivity index (χ2n) is 4.27. The Morgan fingerprint density at radius 2 is 2.21 bits per heavy atom. The fourth-order valence-corrected chi connectivity index (χ4v) is 2.24. The van der Waals surface area contributed by atoms with Crippen LogP contribution in [0.1, 0.15) is 5.56 Å². The van der Waals surface area contributed by atoms with Crippen LogP contribution < -0.4 is 10.6 Å². The SMILES string of the molecule is FC(F)(F)c1cc(Br)ccc1NCC1CNCCO1. The molecule has 7 heteroatoms. The van der Waals surface area contributed by atoms with Crippen molar-refractivity contribution in [2.45, 2.75) is 12.3 Å². The Hall–Kier alpha value is -0.790. The third kappa shape index (κ3) is 4.09. The van der Waals surface area contributed by atoms with Crippen LogP contribution in [0.5, 0.6) is 0 Å². The lowest BCUT2D eigenvalue weighted by Crippen LogP contribution is -2.42. The standard InChI is InChI=1S/C12H14BrF3N2O/c13-8-1-2-11(10(5-8)12(14,15)16)18-7-9-6-17-3-4-19-9/h1-2,5,9,17-18H,3-4,6-7H2. The molecule has 1 saturated heterocycles. The monoisotopic (exact) mass is 338 g/mol. The van der Waals surface area contributed by atoms with E-state index in [-0.39, 0.29) is 11.8 Å². The Morgan fingerprint density at radius 1 is 1.42 bits per heavy atom. The molecule has 0 aromatic heterocycles. The van der Waals surface area contributed by atoms with Gasteiger partial charge >= 0.3 is 6.18 Å². The molecule has 1 fully saturated rings. The molecule has 0 spiro atoms. The van der Waals surface area contributed by atoms with Crippen molar-refractivity contribution in [3.63, 3.8) is 0 Å². The van der Waals surface area contributed by atoms with E-state index in [0.717, 1.165) is 12.6 Å². The molecule has 1 aliphatic rings. The Labute approximate surface area is 117 Å². The fraction of sp³-hybridized carbons (Fsp3) is 0.500. The molecule has 2 rings (SSSR count). The van der Waals surface area contributed by atoms with E-state index in [1.165, 1.54) is 6.07 Å². The third-order valence-electron chi connectivity index (χ3n) is 2.81. The number of hydrogen-bond acceptors (Lipinski definition) is 3. The normalized spacial score (nSPS) is 20.3. The summed E-state index contributed by atoms with van der Waals surface area (Å²) in [5, 5.41) is 5.94. The molecule has 0 bridgehead atoms. The molecule has 19 heavy (non-hydrogen) atoms. The first-order chi connectivity index (χ1) is 8.97. The van der Waals surface area contributed by atoms with Crippen molar-refractivity contribution < 1.29 is 17.9 Å². The van der Waals surface area contributed by atoms with Crippen molar-refractivity contribution in [2.24, 2.45) is 0 Å². The zero-order chi connectivity index (χ0) is 13.9. The number of nitrogens with one attached hydrogen (secondary N) is 2. The Kier molecular flexibility index (Phi) is 4.70. The summed E-state index contributed by atoms with van der Waals surface area (Å²) < 4.78 is 44.5. The maximum atomic E-state index is 12.9. The van der Waals surface area contributed by atoms with Crippen LogP contribution in [0.4, 0.5) is 18.9 Å². The summed E-state index contributed by atoms with van der Waals surface area (Å²) in [5.41, 5.74) is -0.601. The van der Waals surface area contributed by atoms with E-state index in [1.54, 1.807) is 6.07 Å². The maximum Gasteiger partial charge on any atom is 0.418 e. The molecular weight excluding hydrogens is 325 g/mol. The molecule has 2 N–H and O–H groups in total. The van der Waals surface area contributed by atoms with Crippen LogP contribution in [0, 0.1) is 0 Å². The van der Waals surface area contributed by atoms with Crippen LogP contribution in [0.3, 0.4) is 0 Å². The molecule has 3 nitrogen and oxygen atoms in total. The van der Waals surface area contributed by atoms with Gasteiger partial charge in [0.05, 0.1) is 18.3 Å². The molecule has 1 aromatic carbocycles. The van der Waals surface area contributed by atoms with Crippen LogP contribution >= 0.6 is 15.9 Å². The van der Waals surface area contributed by atoms with Gasteiger partial charge in [0.15, 0.2) is 0 Å². The largest absolute Gasteiger partial charge is 0.418 e. The predicted molar refractivity (Wildman–Crippen MR) is 70.2 cm³/mol. The zero-order valence-corrected chi connectivity index (χ0v) is 11.6. The molecule has 106 valence electrons. The van der Waals surface area contributed by atoms with Crippen LogP contribution in [0.2, 0.25) is 0 Å². The van der Waals surface area contributed by atoms with Gasteiger partial charge in [0.1, 0.15) is 0 Å². The van der Waals surface area contributed by atoms with Gasteiger partial charge in [0.2, 0.25) is 0 Å². The van der Waals surface area contributed by atoms with Gasteiger partial charge in [-0.2, -0.15) is 13.2 Å². The average Bonchev–Trinajstić information content (AvgIpc) is 2.37. The van der Waals surface area contributed by atoms with Gasteiger partial charge in [-0.3, -0.25) is 0 Å². The molecule has 0 saturated carbocycles. The summed E-state index contributed by atoms with van der Waals surface area (Å²) in [7, 11) is 0. The summed E-state index contributed by atoms with van der Waals surface area (Å²) in [6.07, 6.45) is -4.49. The van der Waals surface area contributed by atoms with Crippen LogP contribution in [-0.2, 0) is 10.9 Å². The minimum Gasteiger partial charge on any atom is -0.382 e. The van der Waals surface area contributed by atoms with Gasteiger partial charge in [0.25, 0.3) is 0 Å². The molecule has 1 heterocycles. The minimum absolute atomic E-state index is 0.0740. The van der Waals surface area contributed by atoms with E-state index >= 15 is 0 Å². The number of rotatable bonds is 3. The smallest absolute Gasteiger partial charge is 0.382 e. The van der Waals surface area contributed by atoms with Gasteiger partial charge < -0.3 is 15.4 Å². The maximum absolute atomic E-state index is 12.9. The number of anilines is 1. The first-order valence-corrected chi connectivity index (χ1v) is 6.69. The van der Waals surface area contributed by atoms with Gasteiger partial charge in [-0.05, 0) is 18.2 Å². The highest BCUT2D eigenvalue weighted by molar-refractivity contribution is 9.10. The Bertz CT molecular complexity index is 433. The highest BCUT2D eigenvalue weighted by atomic mass is 79.9. The lowest BCUT2D eigenvalue weighted by molar-refractivity contribution is -0.137. The lowest BCUT2D eigenvalue weighted by atomic mass is 10.1. The number of alkyl halides is 3. The second kappa shape index (κ2) is 6.11. The van der Waals surface area contributed by atoms with Crippen molar-refractivity contribution in [1.29, 1.82) is 0 Å². The van der Waals surface area contributed by atoms with Crippen molar-refractivity contribution in [3.8, 4) is 0 Å². The Morgan fingerprint density at radius 3 is 2.84 bits per heavy atom. The molecule has 1 atom stereocenters.